The minimum Gasteiger partial charge on any atom is -0.493 e. The summed E-state index contributed by atoms with van der Waals surface area (Å²) in [5.74, 6) is 0.805. The van der Waals surface area contributed by atoms with Crippen LogP contribution in [-0.2, 0) is 4.74 Å². The molecule has 0 saturated heterocycles. The first-order valence-electron chi connectivity index (χ1n) is 8.11. The molecular weight excluding hydrogens is 372 g/mol. The number of hydrogen-bond acceptors (Lipinski definition) is 6. The van der Waals surface area contributed by atoms with E-state index in [1.807, 2.05) is 24.4 Å². The van der Waals surface area contributed by atoms with Gasteiger partial charge >= 0.3 is 5.97 Å². The lowest BCUT2D eigenvalue weighted by Gasteiger charge is -2.12. The first kappa shape index (κ1) is 20.0. The summed E-state index contributed by atoms with van der Waals surface area (Å²) in [6, 6.07) is 5.51. The third kappa shape index (κ3) is 4.44. The maximum absolute atomic E-state index is 12.6. The number of nitrogens with one attached hydrogen (secondary N) is 2. The Labute approximate surface area is 162 Å². The van der Waals surface area contributed by atoms with Crippen LogP contribution in [-0.4, -0.2) is 38.5 Å². The number of rotatable bonds is 7. The molecule has 0 aliphatic heterocycles. The lowest BCUT2D eigenvalue weighted by molar-refractivity contribution is 0.0529. The molecule has 1 aromatic heterocycles. The number of thiocarbonyl (C=S) groups is 1. The fraction of sp³-hybridized carbons (Fsp3) is 0.333. The van der Waals surface area contributed by atoms with Gasteiger partial charge in [-0.2, -0.15) is 0 Å². The van der Waals surface area contributed by atoms with Crippen molar-refractivity contribution in [3.05, 3.63) is 29.1 Å². The molecule has 0 atom stereocenters. The Balaban J connectivity index is 2.49. The van der Waals surface area contributed by atoms with E-state index in [1.54, 1.807) is 27.2 Å². The second-order valence-electron chi connectivity index (χ2n) is 5.13. The van der Waals surface area contributed by atoms with Gasteiger partial charge in [0.05, 0.1) is 20.8 Å². The van der Waals surface area contributed by atoms with E-state index in [2.05, 4.69) is 10.6 Å². The minimum absolute atomic E-state index is 0.289. The quantitative estimate of drug-likeness (QED) is 0.545. The van der Waals surface area contributed by atoms with E-state index in [0.717, 1.165) is 11.1 Å². The van der Waals surface area contributed by atoms with Crippen molar-refractivity contribution in [3.8, 4) is 22.6 Å². The smallest absolute Gasteiger partial charge is 0.341 e. The van der Waals surface area contributed by atoms with Crippen molar-refractivity contribution < 1.29 is 19.0 Å². The predicted molar refractivity (Wildman–Crippen MR) is 109 cm³/mol. The molecule has 0 unspecified atom stereocenters. The molecule has 0 aliphatic rings. The molecule has 0 saturated carbocycles. The first-order valence-corrected chi connectivity index (χ1v) is 9.40. The summed E-state index contributed by atoms with van der Waals surface area (Å²) in [7, 11) is 3.15. The number of benzene rings is 1. The van der Waals surface area contributed by atoms with Gasteiger partial charge in [0.1, 0.15) is 10.6 Å². The second-order valence-corrected chi connectivity index (χ2v) is 6.42. The normalized spacial score (nSPS) is 10.2. The van der Waals surface area contributed by atoms with Crippen LogP contribution in [0.3, 0.4) is 0 Å². The highest BCUT2D eigenvalue weighted by molar-refractivity contribution is 7.80. The molecular formula is C18H22N2O4S2. The van der Waals surface area contributed by atoms with E-state index >= 15 is 0 Å². The van der Waals surface area contributed by atoms with Crippen molar-refractivity contribution in [1.82, 2.24) is 5.32 Å². The number of methoxy groups -OCH3 is 2. The number of thiophene rings is 1. The van der Waals surface area contributed by atoms with E-state index in [-0.39, 0.29) is 6.61 Å². The highest BCUT2D eigenvalue weighted by Crippen LogP contribution is 2.39. The Morgan fingerprint density at radius 3 is 2.54 bits per heavy atom. The zero-order chi connectivity index (χ0) is 19.1. The third-order valence-electron chi connectivity index (χ3n) is 3.53. The topological polar surface area (TPSA) is 68.8 Å². The third-order valence-corrected chi connectivity index (χ3v) is 4.67. The van der Waals surface area contributed by atoms with Gasteiger partial charge in [-0.3, -0.25) is 0 Å². The maximum Gasteiger partial charge on any atom is 0.341 e. The van der Waals surface area contributed by atoms with Gasteiger partial charge in [0, 0.05) is 17.5 Å². The van der Waals surface area contributed by atoms with Gasteiger partial charge in [-0.15, -0.1) is 11.3 Å². The maximum atomic E-state index is 12.6. The van der Waals surface area contributed by atoms with Crippen molar-refractivity contribution in [2.24, 2.45) is 0 Å². The Morgan fingerprint density at radius 2 is 1.92 bits per heavy atom. The van der Waals surface area contributed by atoms with Crippen LogP contribution >= 0.6 is 23.6 Å². The van der Waals surface area contributed by atoms with Gasteiger partial charge < -0.3 is 24.8 Å². The SMILES string of the molecule is CCNC(=S)Nc1scc(-c2ccc(OC)c(OC)c2)c1C(=O)OCC. The lowest BCUT2D eigenvalue weighted by Crippen LogP contribution is -2.28. The first-order chi connectivity index (χ1) is 12.5. The highest BCUT2D eigenvalue weighted by Gasteiger charge is 2.23. The fourth-order valence-electron chi connectivity index (χ4n) is 2.38. The summed E-state index contributed by atoms with van der Waals surface area (Å²) < 4.78 is 15.9. The average molecular weight is 395 g/mol. The van der Waals surface area contributed by atoms with Gasteiger partial charge in [0.15, 0.2) is 16.6 Å². The van der Waals surface area contributed by atoms with E-state index in [4.69, 9.17) is 26.4 Å². The van der Waals surface area contributed by atoms with Crippen LogP contribution in [0.5, 0.6) is 11.5 Å². The molecule has 8 heteroatoms. The Hall–Kier alpha value is -2.32. The van der Waals surface area contributed by atoms with E-state index in [0.29, 0.717) is 33.7 Å². The Bertz CT molecular complexity index is 789. The van der Waals surface area contributed by atoms with Crippen molar-refractivity contribution >= 4 is 39.6 Å². The number of ether oxygens (including phenoxy) is 3. The summed E-state index contributed by atoms with van der Waals surface area (Å²) in [5, 5.41) is 9.08. The van der Waals surface area contributed by atoms with Crippen LogP contribution in [0.25, 0.3) is 11.1 Å². The zero-order valence-electron chi connectivity index (χ0n) is 15.2. The summed E-state index contributed by atoms with van der Waals surface area (Å²) in [5.41, 5.74) is 2.02. The van der Waals surface area contributed by atoms with Crippen molar-refractivity contribution in [3.63, 3.8) is 0 Å². The van der Waals surface area contributed by atoms with Gasteiger partial charge in [0.25, 0.3) is 0 Å². The van der Waals surface area contributed by atoms with Crippen LogP contribution in [0.2, 0.25) is 0 Å². The number of esters is 1. The molecule has 0 spiro atoms. The van der Waals surface area contributed by atoms with Crippen molar-refractivity contribution in [2.45, 2.75) is 13.8 Å². The Kier molecular flexibility index (Phi) is 7.23. The molecule has 0 bridgehead atoms. The van der Waals surface area contributed by atoms with Crippen LogP contribution in [0.1, 0.15) is 24.2 Å². The van der Waals surface area contributed by atoms with Crippen LogP contribution in [0.4, 0.5) is 5.00 Å². The molecule has 0 aliphatic carbocycles. The van der Waals surface area contributed by atoms with Crippen molar-refractivity contribution in [1.29, 1.82) is 0 Å². The molecule has 2 aromatic rings. The molecule has 0 amide bonds. The number of hydrogen-bond donors (Lipinski definition) is 2. The largest absolute Gasteiger partial charge is 0.493 e. The number of carbonyl (C=O) groups is 1. The molecule has 26 heavy (non-hydrogen) atoms. The minimum atomic E-state index is -0.402. The molecule has 0 radical (unpaired) electrons. The van der Waals surface area contributed by atoms with E-state index in [1.165, 1.54) is 11.3 Å². The van der Waals surface area contributed by atoms with Gasteiger partial charge in [0.2, 0.25) is 0 Å². The van der Waals surface area contributed by atoms with Crippen molar-refractivity contribution in [2.75, 3.05) is 32.7 Å². The molecule has 2 N–H and O–H groups in total. The summed E-state index contributed by atoms with van der Waals surface area (Å²) in [4.78, 5) is 12.6. The summed E-state index contributed by atoms with van der Waals surface area (Å²) >= 11 is 6.63. The standard InChI is InChI=1S/C18H22N2O4S2/c1-5-19-18(25)20-16-15(17(21)24-6-2)12(10-26-16)11-7-8-13(22-3)14(9-11)23-4/h7-10H,5-6H2,1-4H3,(H2,19,20,25). The Morgan fingerprint density at radius 1 is 1.19 bits per heavy atom. The number of anilines is 1. The molecule has 1 heterocycles. The van der Waals surface area contributed by atoms with Crippen LogP contribution in [0, 0.1) is 0 Å². The van der Waals surface area contributed by atoms with E-state index < -0.39 is 5.97 Å². The van der Waals surface area contributed by atoms with Gasteiger partial charge in [-0.25, -0.2) is 4.79 Å². The molecule has 6 nitrogen and oxygen atoms in total. The lowest BCUT2D eigenvalue weighted by atomic mass is 10.0. The van der Waals surface area contributed by atoms with Gasteiger partial charge in [-0.1, -0.05) is 6.07 Å². The molecule has 2 rings (SSSR count). The van der Waals surface area contributed by atoms with Crippen LogP contribution in [0.15, 0.2) is 23.6 Å². The summed E-state index contributed by atoms with van der Waals surface area (Å²) in [6.07, 6.45) is 0. The van der Waals surface area contributed by atoms with E-state index in [9.17, 15) is 4.79 Å². The number of carbonyl (C=O) groups excluding carboxylic acids is 1. The monoisotopic (exact) mass is 394 g/mol. The molecule has 1 aromatic carbocycles. The van der Waals surface area contributed by atoms with Crippen LogP contribution < -0.4 is 20.1 Å². The molecule has 0 fully saturated rings. The predicted octanol–water partition coefficient (Wildman–Crippen LogP) is 3.92. The average Bonchev–Trinajstić information content (AvgIpc) is 3.05. The van der Waals surface area contributed by atoms with Gasteiger partial charge in [-0.05, 0) is 43.8 Å². The summed E-state index contributed by atoms with van der Waals surface area (Å²) in [6.45, 7) is 4.70. The highest BCUT2D eigenvalue weighted by atomic mass is 32.1. The fourth-order valence-corrected chi connectivity index (χ4v) is 3.65. The molecule has 140 valence electrons. The zero-order valence-corrected chi connectivity index (χ0v) is 16.8. The second kappa shape index (κ2) is 9.40.